The molecule has 0 radical (unpaired) electrons. The molecule has 1 aromatic heterocycles. The van der Waals surface area contributed by atoms with Crippen molar-refractivity contribution in [3.8, 4) is 0 Å². The Hall–Kier alpha value is -1.75. The van der Waals surface area contributed by atoms with E-state index in [1.54, 1.807) is 4.68 Å². The average Bonchev–Trinajstić information content (AvgIpc) is 3.00. The SMILES string of the molecule is CCc1ccccc1C(=O)N1CCSCC1c1cnn(C)c1. The molecule has 0 spiro atoms. The Morgan fingerprint density at radius 3 is 2.95 bits per heavy atom. The molecule has 1 unspecified atom stereocenters. The lowest BCUT2D eigenvalue weighted by Gasteiger charge is -2.35. The van der Waals surface area contributed by atoms with Crippen molar-refractivity contribution in [3.05, 3.63) is 53.3 Å². The van der Waals surface area contributed by atoms with Crippen molar-refractivity contribution >= 4 is 17.7 Å². The summed E-state index contributed by atoms with van der Waals surface area (Å²) in [5.41, 5.74) is 3.08. The van der Waals surface area contributed by atoms with Crippen molar-refractivity contribution in [2.75, 3.05) is 18.1 Å². The van der Waals surface area contributed by atoms with E-state index >= 15 is 0 Å². The molecule has 1 aliphatic heterocycles. The van der Waals surface area contributed by atoms with Crippen LogP contribution in [0.3, 0.4) is 0 Å². The summed E-state index contributed by atoms with van der Waals surface area (Å²) >= 11 is 1.90. The lowest BCUT2D eigenvalue weighted by atomic mass is 10.0. The van der Waals surface area contributed by atoms with Crippen LogP contribution in [0.5, 0.6) is 0 Å². The van der Waals surface area contributed by atoms with Crippen LogP contribution in [0.4, 0.5) is 0 Å². The summed E-state index contributed by atoms with van der Waals surface area (Å²) in [4.78, 5) is 15.1. The topological polar surface area (TPSA) is 38.1 Å². The molecule has 22 heavy (non-hydrogen) atoms. The van der Waals surface area contributed by atoms with Gasteiger partial charge in [-0.15, -0.1) is 0 Å². The largest absolute Gasteiger partial charge is 0.330 e. The van der Waals surface area contributed by atoms with Crippen molar-refractivity contribution < 1.29 is 4.79 Å². The summed E-state index contributed by atoms with van der Waals surface area (Å²) in [7, 11) is 1.91. The minimum atomic E-state index is 0.116. The van der Waals surface area contributed by atoms with Crippen molar-refractivity contribution in [3.63, 3.8) is 0 Å². The predicted molar refractivity (Wildman–Crippen MR) is 90.1 cm³/mol. The highest BCUT2D eigenvalue weighted by atomic mass is 32.2. The van der Waals surface area contributed by atoms with Crippen LogP contribution in [0.2, 0.25) is 0 Å². The number of carbonyl (C=O) groups is 1. The van der Waals surface area contributed by atoms with Gasteiger partial charge in [0.2, 0.25) is 0 Å². The van der Waals surface area contributed by atoms with E-state index in [1.165, 1.54) is 0 Å². The van der Waals surface area contributed by atoms with E-state index in [9.17, 15) is 4.79 Å². The van der Waals surface area contributed by atoms with Gasteiger partial charge in [-0.05, 0) is 18.1 Å². The second-order valence-corrected chi connectivity index (χ2v) is 6.70. The molecule has 1 aliphatic rings. The van der Waals surface area contributed by atoms with Crippen molar-refractivity contribution in [2.45, 2.75) is 19.4 Å². The highest BCUT2D eigenvalue weighted by Crippen LogP contribution is 2.31. The number of benzene rings is 1. The van der Waals surface area contributed by atoms with E-state index < -0.39 is 0 Å². The summed E-state index contributed by atoms with van der Waals surface area (Å²) in [6, 6.07) is 8.06. The maximum absolute atomic E-state index is 13.1. The molecule has 1 saturated heterocycles. The number of carbonyl (C=O) groups excluding carboxylic acids is 1. The van der Waals surface area contributed by atoms with Crippen LogP contribution in [-0.2, 0) is 13.5 Å². The first-order chi connectivity index (χ1) is 10.7. The fourth-order valence-corrected chi connectivity index (χ4v) is 4.02. The third kappa shape index (κ3) is 2.90. The number of hydrogen-bond acceptors (Lipinski definition) is 3. The maximum atomic E-state index is 13.1. The molecule has 1 fully saturated rings. The predicted octanol–water partition coefficient (Wildman–Crippen LogP) is 2.91. The van der Waals surface area contributed by atoms with Crippen LogP contribution < -0.4 is 0 Å². The molecule has 0 N–H and O–H groups in total. The highest BCUT2D eigenvalue weighted by molar-refractivity contribution is 7.99. The molecular formula is C17H21N3OS. The summed E-state index contributed by atoms with van der Waals surface area (Å²) in [6.07, 6.45) is 4.77. The van der Waals surface area contributed by atoms with Gasteiger partial charge >= 0.3 is 0 Å². The second kappa shape index (κ2) is 6.57. The number of nitrogens with zero attached hydrogens (tertiary/aromatic N) is 3. The molecule has 0 bridgehead atoms. The van der Waals surface area contributed by atoms with Gasteiger partial charge in [-0.1, -0.05) is 25.1 Å². The van der Waals surface area contributed by atoms with Crippen LogP contribution in [0, 0.1) is 0 Å². The number of rotatable bonds is 3. The molecule has 5 heteroatoms. The number of aryl methyl sites for hydroxylation is 2. The third-order valence-corrected chi connectivity index (χ3v) is 5.15. The van der Waals surface area contributed by atoms with Gasteiger partial charge in [0.15, 0.2) is 0 Å². The number of thioether (sulfide) groups is 1. The van der Waals surface area contributed by atoms with Gasteiger partial charge in [-0.25, -0.2) is 0 Å². The van der Waals surface area contributed by atoms with E-state index in [0.29, 0.717) is 0 Å². The summed E-state index contributed by atoms with van der Waals surface area (Å²) < 4.78 is 1.80. The van der Waals surface area contributed by atoms with Crippen LogP contribution in [0.15, 0.2) is 36.7 Å². The molecule has 1 aromatic carbocycles. The Morgan fingerprint density at radius 1 is 1.41 bits per heavy atom. The summed E-state index contributed by atoms with van der Waals surface area (Å²) in [5.74, 6) is 2.08. The minimum absolute atomic E-state index is 0.116. The smallest absolute Gasteiger partial charge is 0.254 e. The Morgan fingerprint density at radius 2 is 2.23 bits per heavy atom. The standard InChI is InChI=1S/C17H21N3OS/c1-3-13-6-4-5-7-15(13)17(21)20-8-9-22-12-16(20)14-10-18-19(2)11-14/h4-7,10-11,16H,3,8-9,12H2,1-2H3. The van der Waals surface area contributed by atoms with E-state index in [-0.39, 0.29) is 11.9 Å². The summed E-state index contributed by atoms with van der Waals surface area (Å²) in [6.45, 7) is 2.89. The lowest BCUT2D eigenvalue weighted by Crippen LogP contribution is -2.41. The normalized spacial score (nSPS) is 18.5. The Labute approximate surface area is 135 Å². The first kappa shape index (κ1) is 15.2. The monoisotopic (exact) mass is 315 g/mol. The zero-order valence-electron chi connectivity index (χ0n) is 13.0. The van der Waals surface area contributed by atoms with Crippen molar-refractivity contribution in [1.82, 2.24) is 14.7 Å². The van der Waals surface area contributed by atoms with Crippen molar-refractivity contribution in [1.29, 1.82) is 0 Å². The summed E-state index contributed by atoms with van der Waals surface area (Å²) in [5, 5.41) is 4.26. The fraction of sp³-hybridized carbons (Fsp3) is 0.412. The number of amides is 1. The fourth-order valence-electron chi connectivity index (χ4n) is 2.93. The Bertz CT molecular complexity index is 667. The molecule has 1 amide bonds. The Kier molecular flexibility index (Phi) is 4.52. The van der Waals surface area contributed by atoms with E-state index in [4.69, 9.17) is 0 Å². The van der Waals surface area contributed by atoms with E-state index in [0.717, 1.165) is 41.2 Å². The van der Waals surface area contributed by atoms with Gasteiger partial charge in [0.1, 0.15) is 0 Å². The lowest BCUT2D eigenvalue weighted by molar-refractivity contribution is 0.0700. The zero-order valence-corrected chi connectivity index (χ0v) is 13.8. The van der Waals surface area contributed by atoms with Gasteiger partial charge in [-0.3, -0.25) is 9.48 Å². The van der Waals surface area contributed by atoms with Crippen LogP contribution in [0.25, 0.3) is 0 Å². The molecule has 0 aliphatic carbocycles. The van der Waals surface area contributed by atoms with Gasteiger partial charge in [-0.2, -0.15) is 16.9 Å². The number of hydrogen-bond donors (Lipinski definition) is 0. The number of aromatic nitrogens is 2. The maximum Gasteiger partial charge on any atom is 0.254 e. The quantitative estimate of drug-likeness (QED) is 0.874. The van der Waals surface area contributed by atoms with Crippen LogP contribution in [0.1, 0.15) is 34.5 Å². The van der Waals surface area contributed by atoms with Gasteiger partial charge in [0.05, 0.1) is 12.2 Å². The first-order valence-corrected chi connectivity index (χ1v) is 8.81. The van der Waals surface area contributed by atoms with Gasteiger partial charge < -0.3 is 4.90 Å². The molecule has 0 saturated carbocycles. The second-order valence-electron chi connectivity index (χ2n) is 5.55. The third-order valence-electron chi connectivity index (χ3n) is 4.13. The molecule has 3 rings (SSSR count). The van der Waals surface area contributed by atoms with Gasteiger partial charge in [0.25, 0.3) is 5.91 Å². The average molecular weight is 315 g/mol. The molecule has 116 valence electrons. The van der Waals surface area contributed by atoms with Crippen molar-refractivity contribution in [2.24, 2.45) is 7.05 Å². The van der Waals surface area contributed by atoms with Crippen LogP contribution >= 0.6 is 11.8 Å². The Balaban J connectivity index is 1.91. The van der Waals surface area contributed by atoms with Gasteiger partial charge in [0, 0.05) is 42.4 Å². The first-order valence-electron chi connectivity index (χ1n) is 7.66. The van der Waals surface area contributed by atoms with E-state index in [1.807, 2.05) is 60.4 Å². The molecular weight excluding hydrogens is 294 g/mol. The molecule has 4 nitrogen and oxygen atoms in total. The minimum Gasteiger partial charge on any atom is -0.330 e. The zero-order chi connectivity index (χ0) is 15.5. The molecule has 2 aromatic rings. The highest BCUT2D eigenvalue weighted by Gasteiger charge is 2.30. The van der Waals surface area contributed by atoms with E-state index in [2.05, 4.69) is 12.0 Å². The van der Waals surface area contributed by atoms with Crippen LogP contribution in [-0.4, -0.2) is 38.6 Å². The molecule has 1 atom stereocenters. The molecule has 2 heterocycles.